The van der Waals surface area contributed by atoms with Gasteiger partial charge < -0.3 is 15.5 Å². The number of amides is 1. The number of hydrogen-bond donors (Lipinski definition) is 3. The molecule has 5 rings (SSSR count). The van der Waals surface area contributed by atoms with Gasteiger partial charge in [0, 0.05) is 16.1 Å². The molecule has 0 unspecified atom stereocenters. The molecule has 0 spiro atoms. The molecule has 4 aromatic carbocycles. The second-order valence-corrected chi connectivity index (χ2v) is 9.82. The van der Waals surface area contributed by atoms with Gasteiger partial charge in [0.1, 0.15) is 0 Å². The number of Topliss-reactive ketones (excluding diaryl/α,β-unsaturated/α-hetero) is 1. The van der Waals surface area contributed by atoms with Crippen molar-refractivity contribution in [1.29, 1.82) is 0 Å². The van der Waals surface area contributed by atoms with E-state index in [9.17, 15) is 24.3 Å². The summed E-state index contributed by atoms with van der Waals surface area (Å²) in [6.45, 7) is 0. The van der Waals surface area contributed by atoms with Gasteiger partial charge in [-0.05, 0) is 71.1 Å². The highest BCUT2D eigenvalue weighted by atomic mass is 32.2. The first-order chi connectivity index (χ1) is 18.3. The highest BCUT2D eigenvalue weighted by molar-refractivity contribution is 8.00. The molecule has 0 saturated heterocycles. The number of thioether (sulfide) groups is 1. The summed E-state index contributed by atoms with van der Waals surface area (Å²) < 4.78 is 0. The van der Waals surface area contributed by atoms with Crippen molar-refractivity contribution < 1.29 is 29.4 Å². The monoisotopic (exact) mass is 523 g/mol. The summed E-state index contributed by atoms with van der Waals surface area (Å²) in [6, 6.07) is 24.2. The third-order valence-corrected chi connectivity index (χ3v) is 7.31. The molecule has 0 bridgehead atoms. The SMILES string of the molecule is O=C(O)c1ccc(C(=O)Nc2cccc(SCC(=O)c3ccc4c(c3)Cc3ccccc3-4)c2)c(C(=O)O)c1. The Kier molecular flexibility index (Phi) is 6.81. The van der Waals surface area contributed by atoms with Gasteiger partial charge >= 0.3 is 11.9 Å². The Morgan fingerprint density at radius 2 is 1.47 bits per heavy atom. The molecule has 0 radical (unpaired) electrons. The van der Waals surface area contributed by atoms with Gasteiger partial charge in [-0.3, -0.25) is 9.59 Å². The maximum absolute atomic E-state index is 12.9. The smallest absolute Gasteiger partial charge is 0.336 e. The average Bonchev–Trinajstić information content (AvgIpc) is 3.29. The van der Waals surface area contributed by atoms with E-state index in [4.69, 9.17) is 5.11 Å². The van der Waals surface area contributed by atoms with E-state index < -0.39 is 23.4 Å². The maximum Gasteiger partial charge on any atom is 0.336 e. The minimum absolute atomic E-state index is 0.00665. The van der Waals surface area contributed by atoms with Gasteiger partial charge in [0.25, 0.3) is 5.91 Å². The van der Waals surface area contributed by atoms with Gasteiger partial charge in [0.2, 0.25) is 0 Å². The summed E-state index contributed by atoms with van der Waals surface area (Å²) in [5.41, 5.74) is 5.05. The van der Waals surface area contributed by atoms with Crippen LogP contribution in [0, 0.1) is 0 Å². The van der Waals surface area contributed by atoms with Crippen LogP contribution in [0.4, 0.5) is 5.69 Å². The number of carbonyl (C=O) groups excluding carboxylic acids is 2. The third-order valence-electron chi connectivity index (χ3n) is 6.32. The van der Waals surface area contributed by atoms with E-state index in [1.165, 1.54) is 35.0 Å². The molecule has 188 valence electrons. The first-order valence-corrected chi connectivity index (χ1v) is 12.7. The van der Waals surface area contributed by atoms with Crippen molar-refractivity contribution in [2.75, 3.05) is 11.1 Å². The van der Waals surface area contributed by atoms with Crippen LogP contribution in [0.3, 0.4) is 0 Å². The molecule has 0 heterocycles. The Morgan fingerprint density at radius 1 is 0.711 bits per heavy atom. The fraction of sp³-hybridized carbons (Fsp3) is 0.0667. The van der Waals surface area contributed by atoms with Gasteiger partial charge in [-0.25, -0.2) is 9.59 Å². The molecule has 7 nitrogen and oxygen atoms in total. The molecule has 1 aliphatic rings. The number of benzene rings is 4. The van der Waals surface area contributed by atoms with Crippen LogP contribution >= 0.6 is 11.8 Å². The van der Waals surface area contributed by atoms with Gasteiger partial charge in [0.15, 0.2) is 5.78 Å². The molecule has 3 N–H and O–H groups in total. The van der Waals surface area contributed by atoms with Crippen LogP contribution < -0.4 is 5.32 Å². The van der Waals surface area contributed by atoms with Crippen molar-refractivity contribution in [1.82, 2.24) is 0 Å². The summed E-state index contributed by atoms with van der Waals surface area (Å²) in [6.07, 6.45) is 0.810. The van der Waals surface area contributed by atoms with Gasteiger partial charge in [-0.15, -0.1) is 11.8 Å². The summed E-state index contributed by atoms with van der Waals surface area (Å²) in [5, 5.41) is 21.2. The van der Waals surface area contributed by atoms with Crippen molar-refractivity contribution in [3.05, 3.63) is 118 Å². The highest BCUT2D eigenvalue weighted by Gasteiger charge is 2.21. The zero-order valence-corrected chi connectivity index (χ0v) is 20.7. The molecule has 1 amide bonds. The molecule has 0 aromatic heterocycles. The van der Waals surface area contributed by atoms with Gasteiger partial charge in [-0.2, -0.15) is 0 Å². The number of aromatic carboxylic acids is 2. The number of carbonyl (C=O) groups is 4. The molecule has 1 aliphatic carbocycles. The van der Waals surface area contributed by atoms with E-state index >= 15 is 0 Å². The van der Waals surface area contributed by atoms with Crippen molar-refractivity contribution in [3.63, 3.8) is 0 Å². The number of nitrogens with one attached hydrogen (secondary N) is 1. The number of carboxylic acid groups (broad SMARTS) is 2. The van der Waals surface area contributed by atoms with E-state index in [1.54, 1.807) is 18.2 Å². The summed E-state index contributed by atoms with van der Waals surface area (Å²) >= 11 is 1.33. The van der Waals surface area contributed by atoms with Crippen LogP contribution in [0.1, 0.15) is 52.6 Å². The number of anilines is 1. The molecule has 8 heteroatoms. The number of rotatable bonds is 8. The fourth-order valence-electron chi connectivity index (χ4n) is 4.47. The van der Waals surface area contributed by atoms with Crippen LogP contribution in [0.5, 0.6) is 0 Å². The summed E-state index contributed by atoms with van der Waals surface area (Å²) in [7, 11) is 0. The lowest BCUT2D eigenvalue weighted by molar-refractivity contribution is 0.0692. The minimum Gasteiger partial charge on any atom is -0.478 e. The van der Waals surface area contributed by atoms with Crippen LogP contribution in [-0.4, -0.2) is 39.6 Å². The van der Waals surface area contributed by atoms with Gasteiger partial charge in [-0.1, -0.05) is 42.5 Å². The predicted molar refractivity (Wildman–Crippen MR) is 144 cm³/mol. The van der Waals surface area contributed by atoms with Crippen molar-refractivity contribution in [2.45, 2.75) is 11.3 Å². The first-order valence-electron chi connectivity index (χ1n) is 11.7. The molecule has 4 aromatic rings. The number of fused-ring (bicyclic) bond motifs is 3. The predicted octanol–water partition coefficient (Wildman–Crippen LogP) is 5.88. The zero-order valence-electron chi connectivity index (χ0n) is 19.9. The van der Waals surface area contributed by atoms with E-state index in [-0.39, 0.29) is 22.7 Å². The maximum atomic E-state index is 12.9. The van der Waals surface area contributed by atoms with Crippen molar-refractivity contribution >= 4 is 41.1 Å². The first kappa shape index (κ1) is 25.0. The lowest BCUT2D eigenvalue weighted by Crippen LogP contribution is -2.17. The van der Waals surface area contributed by atoms with Crippen molar-refractivity contribution in [3.8, 4) is 11.1 Å². The number of hydrogen-bond acceptors (Lipinski definition) is 5. The van der Waals surface area contributed by atoms with Crippen molar-refractivity contribution in [2.24, 2.45) is 0 Å². The minimum atomic E-state index is -1.41. The molecule has 0 atom stereocenters. The molecule has 38 heavy (non-hydrogen) atoms. The Hall–Kier alpha value is -4.69. The zero-order chi connectivity index (χ0) is 26.8. The van der Waals surface area contributed by atoms with Crippen LogP contribution in [0.25, 0.3) is 11.1 Å². The highest BCUT2D eigenvalue weighted by Crippen LogP contribution is 2.37. The van der Waals surface area contributed by atoms with E-state index in [2.05, 4.69) is 17.4 Å². The summed E-state index contributed by atoms with van der Waals surface area (Å²) in [5.74, 6) is -3.17. The topological polar surface area (TPSA) is 121 Å². The van der Waals surface area contributed by atoms with E-state index in [0.29, 0.717) is 11.3 Å². The second kappa shape index (κ2) is 10.4. The average molecular weight is 524 g/mol. The normalized spacial score (nSPS) is 11.4. The number of ketones is 1. The Morgan fingerprint density at radius 3 is 2.26 bits per heavy atom. The fourth-order valence-corrected chi connectivity index (χ4v) is 5.31. The molecular formula is C30H21NO6S. The molecule has 0 aliphatic heterocycles. The van der Waals surface area contributed by atoms with E-state index in [0.717, 1.165) is 28.5 Å². The summed E-state index contributed by atoms with van der Waals surface area (Å²) in [4.78, 5) is 49.2. The standard InChI is InChI=1S/C30H21NO6S/c32-27(18-8-10-24-20(13-18)12-17-4-1-2-7-23(17)24)16-38-22-6-3-5-21(15-22)31-28(33)25-11-9-19(29(34)35)14-26(25)30(36)37/h1-11,13-15H,12,16H2,(H,31,33)(H,34,35)(H,36,37). The Bertz CT molecular complexity index is 1630. The van der Waals surface area contributed by atoms with Crippen LogP contribution in [-0.2, 0) is 6.42 Å². The molecular weight excluding hydrogens is 502 g/mol. The quantitative estimate of drug-likeness (QED) is 0.171. The largest absolute Gasteiger partial charge is 0.478 e. The second-order valence-electron chi connectivity index (χ2n) is 8.77. The van der Waals surface area contributed by atoms with Crippen LogP contribution in [0.2, 0.25) is 0 Å². The third kappa shape index (κ3) is 5.07. The lowest BCUT2D eigenvalue weighted by Gasteiger charge is -2.10. The van der Waals surface area contributed by atoms with Crippen LogP contribution in [0.15, 0.2) is 89.8 Å². The molecule has 0 saturated carbocycles. The Labute approximate surface area is 222 Å². The molecule has 0 fully saturated rings. The lowest BCUT2D eigenvalue weighted by atomic mass is 10.0. The number of carboxylic acids is 2. The van der Waals surface area contributed by atoms with Gasteiger partial charge in [0.05, 0.1) is 22.4 Å². The Balaban J connectivity index is 1.25. The van der Waals surface area contributed by atoms with E-state index in [1.807, 2.05) is 36.4 Å².